The molecular weight excluding hydrogens is 278 g/mol. The number of thiophene rings is 1. The summed E-state index contributed by atoms with van der Waals surface area (Å²) in [5.41, 5.74) is 2.35. The molecule has 19 heavy (non-hydrogen) atoms. The Morgan fingerprint density at radius 3 is 2.84 bits per heavy atom. The van der Waals surface area contributed by atoms with Gasteiger partial charge in [0, 0.05) is 17.2 Å². The average molecular weight is 296 g/mol. The fourth-order valence-electron chi connectivity index (χ4n) is 1.98. The Bertz CT molecular complexity index is 526. The molecule has 1 aromatic heterocycles. The van der Waals surface area contributed by atoms with Gasteiger partial charge in [0.1, 0.15) is 0 Å². The molecule has 0 fully saturated rings. The zero-order valence-corrected chi connectivity index (χ0v) is 12.5. The molecule has 1 heterocycles. The summed E-state index contributed by atoms with van der Waals surface area (Å²) < 4.78 is 0.820. The number of halogens is 1. The van der Waals surface area contributed by atoms with Crippen LogP contribution in [0.2, 0.25) is 4.34 Å². The van der Waals surface area contributed by atoms with Crippen LogP contribution in [0, 0.1) is 0 Å². The molecule has 0 saturated heterocycles. The van der Waals surface area contributed by atoms with E-state index in [-0.39, 0.29) is 12.6 Å². The van der Waals surface area contributed by atoms with E-state index >= 15 is 0 Å². The summed E-state index contributed by atoms with van der Waals surface area (Å²) in [5.74, 6) is 0. The summed E-state index contributed by atoms with van der Waals surface area (Å²) >= 11 is 7.56. The number of hydrogen-bond acceptors (Lipinski definition) is 3. The molecule has 0 amide bonds. The Morgan fingerprint density at radius 1 is 1.32 bits per heavy atom. The highest BCUT2D eigenvalue weighted by Gasteiger charge is 2.08. The summed E-state index contributed by atoms with van der Waals surface area (Å²) in [7, 11) is 0. The number of rotatable bonds is 6. The van der Waals surface area contributed by atoms with Crippen molar-refractivity contribution in [1.82, 2.24) is 0 Å². The van der Waals surface area contributed by atoms with E-state index in [2.05, 4.69) is 36.5 Å². The van der Waals surface area contributed by atoms with E-state index in [1.807, 2.05) is 12.1 Å². The third-order valence-corrected chi connectivity index (χ3v) is 4.37. The summed E-state index contributed by atoms with van der Waals surface area (Å²) in [6.45, 7) is 2.37. The lowest BCUT2D eigenvalue weighted by Gasteiger charge is -2.14. The van der Waals surface area contributed by atoms with Gasteiger partial charge in [0.15, 0.2) is 0 Å². The van der Waals surface area contributed by atoms with Crippen LogP contribution in [0.1, 0.15) is 29.8 Å². The third-order valence-electron chi connectivity index (χ3n) is 2.95. The molecule has 0 aliphatic carbocycles. The van der Waals surface area contributed by atoms with Gasteiger partial charge in [0.2, 0.25) is 0 Å². The maximum atomic E-state index is 8.87. The smallest absolute Gasteiger partial charge is 0.0932 e. The van der Waals surface area contributed by atoms with Crippen molar-refractivity contribution in [1.29, 1.82) is 0 Å². The first-order chi connectivity index (χ1) is 9.19. The van der Waals surface area contributed by atoms with E-state index in [0.717, 1.165) is 22.9 Å². The lowest BCUT2D eigenvalue weighted by atomic mass is 10.1. The van der Waals surface area contributed by atoms with Crippen molar-refractivity contribution in [2.45, 2.75) is 25.8 Å². The van der Waals surface area contributed by atoms with Gasteiger partial charge in [-0.25, -0.2) is 0 Å². The molecule has 2 nitrogen and oxygen atoms in total. The quantitative estimate of drug-likeness (QED) is 0.822. The molecule has 1 atom stereocenters. The van der Waals surface area contributed by atoms with Crippen molar-refractivity contribution in [2.75, 3.05) is 11.9 Å². The highest BCUT2D eigenvalue weighted by molar-refractivity contribution is 7.16. The largest absolute Gasteiger partial charge is 0.396 e. The monoisotopic (exact) mass is 295 g/mol. The number of aliphatic hydroxyl groups is 1. The molecule has 0 spiro atoms. The number of nitrogens with one attached hydrogen (secondary N) is 1. The predicted octanol–water partition coefficient (Wildman–Crippen LogP) is 4.50. The minimum absolute atomic E-state index is 0.238. The van der Waals surface area contributed by atoms with Crippen molar-refractivity contribution in [3.63, 3.8) is 0 Å². The van der Waals surface area contributed by atoms with Crippen LogP contribution in [-0.2, 0) is 6.42 Å². The van der Waals surface area contributed by atoms with Gasteiger partial charge >= 0.3 is 0 Å². The molecule has 4 heteroatoms. The first-order valence-corrected chi connectivity index (χ1v) is 7.60. The maximum Gasteiger partial charge on any atom is 0.0932 e. The van der Waals surface area contributed by atoms with E-state index < -0.39 is 0 Å². The van der Waals surface area contributed by atoms with Crippen LogP contribution in [0.25, 0.3) is 0 Å². The third kappa shape index (κ3) is 4.23. The predicted molar refractivity (Wildman–Crippen MR) is 83.2 cm³/mol. The second kappa shape index (κ2) is 6.94. The molecule has 0 radical (unpaired) electrons. The second-order valence-electron chi connectivity index (χ2n) is 4.54. The maximum absolute atomic E-state index is 8.87. The Balaban J connectivity index is 2.02. The van der Waals surface area contributed by atoms with Gasteiger partial charge in [0.05, 0.1) is 10.4 Å². The minimum atomic E-state index is 0.238. The zero-order chi connectivity index (χ0) is 13.7. The SMILES string of the molecule is CC(Nc1cccc(CCCO)c1)c1ccc(Cl)s1. The van der Waals surface area contributed by atoms with E-state index in [1.165, 1.54) is 10.4 Å². The van der Waals surface area contributed by atoms with E-state index in [1.54, 1.807) is 11.3 Å². The Morgan fingerprint density at radius 2 is 2.16 bits per heavy atom. The fraction of sp³-hybridized carbons (Fsp3) is 0.333. The summed E-state index contributed by atoms with van der Waals surface area (Å²) in [6.07, 6.45) is 1.71. The molecule has 2 aromatic rings. The van der Waals surface area contributed by atoms with Gasteiger partial charge in [-0.1, -0.05) is 23.7 Å². The van der Waals surface area contributed by atoms with Gasteiger partial charge in [-0.15, -0.1) is 11.3 Å². The molecule has 1 unspecified atom stereocenters. The first kappa shape index (κ1) is 14.4. The highest BCUT2D eigenvalue weighted by Crippen LogP contribution is 2.29. The van der Waals surface area contributed by atoms with Crippen LogP contribution in [0.4, 0.5) is 5.69 Å². The highest BCUT2D eigenvalue weighted by atomic mass is 35.5. The van der Waals surface area contributed by atoms with Crippen LogP contribution in [-0.4, -0.2) is 11.7 Å². The van der Waals surface area contributed by atoms with Gasteiger partial charge < -0.3 is 10.4 Å². The minimum Gasteiger partial charge on any atom is -0.396 e. The van der Waals surface area contributed by atoms with Crippen LogP contribution < -0.4 is 5.32 Å². The fourth-order valence-corrected chi connectivity index (χ4v) is 3.05. The van der Waals surface area contributed by atoms with Crippen molar-refractivity contribution >= 4 is 28.6 Å². The molecule has 2 rings (SSSR count). The van der Waals surface area contributed by atoms with E-state index in [0.29, 0.717) is 0 Å². The Hall–Kier alpha value is -1.03. The molecule has 2 N–H and O–H groups in total. The van der Waals surface area contributed by atoms with Crippen LogP contribution in [0.3, 0.4) is 0 Å². The molecule has 0 saturated carbocycles. The number of anilines is 1. The number of aliphatic hydroxyl groups excluding tert-OH is 1. The van der Waals surface area contributed by atoms with E-state index in [4.69, 9.17) is 16.7 Å². The lowest BCUT2D eigenvalue weighted by Crippen LogP contribution is -2.05. The normalized spacial score (nSPS) is 12.4. The summed E-state index contributed by atoms with van der Waals surface area (Å²) in [4.78, 5) is 1.23. The molecule has 0 aliphatic heterocycles. The second-order valence-corrected chi connectivity index (χ2v) is 6.28. The van der Waals surface area contributed by atoms with Crippen molar-refractivity contribution in [2.24, 2.45) is 0 Å². The van der Waals surface area contributed by atoms with Crippen LogP contribution >= 0.6 is 22.9 Å². The lowest BCUT2D eigenvalue weighted by molar-refractivity contribution is 0.288. The first-order valence-electron chi connectivity index (χ1n) is 6.40. The van der Waals surface area contributed by atoms with Gasteiger partial charge in [-0.2, -0.15) is 0 Å². The molecule has 102 valence electrons. The Kier molecular flexibility index (Phi) is 5.25. The zero-order valence-electron chi connectivity index (χ0n) is 10.9. The van der Waals surface area contributed by atoms with Gasteiger partial charge in [0.25, 0.3) is 0 Å². The standard InChI is InChI=1S/C15H18ClNOS/c1-11(14-7-8-15(16)19-14)17-13-6-2-4-12(10-13)5-3-9-18/h2,4,6-8,10-11,17-18H,3,5,9H2,1H3. The van der Waals surface area contributed by atoms with Crippen LogP contribution in [0.5, 0.6) is 0 Å². The van der Waals surface area contributed by atoms with E-state index in [9.17, 15) is 0 Å². The number of benzene rings is 1. The summed E-state index contributed by atoms with van der Waals surface area (Å²) in [6, 6.07) is 12.6. The molecule has 1 aromatic carbocycles. The summed E-state index contributed by atoms with van der Waals surface area (Å²) in [5, 5.41) is 12.3. The number of aryl methyl sites for hydroxylation is 1. The number of hydrogen-bond donors (Lipinski definition) is 2. The van der Waals surface area contributed by atoms with Gasteiger partial charge in [-0.3, -0.25) is 0 Å². The molecule has 0 bridgehead atoms. The average Bonchev–Trinajstić information content (AvgIpc) is 2.83. The Labute approximate surface area is 123 Å². The van der Waals surface area contributed by atoms with Crippen molar-refractivity contribution in [3.8, 4) is 0 Å². The molecular formula is C15H18ClNOS. The van der Waals surface area contributed by atoms with Crippen LogP contribution in [0.15, 0.2) is 36.4 Å². The topological polar surface area (TPSA) is 32.3 Å². The van der Waals surface area contributed by atoms with Gasteiger partial charge in [-0.05, 0) is 49.6 Å². The van der Waals surface area contributed by atoms with Crippen molar-refractivity contribution < 1.29 is 5.11 Å². The van der Waals surface area contributed by atoms with Crippen molar-refractivity contribution in [3.05, 3.63) is 51.2 Å². The molecule has 0 aliphatic rings.